The SMILES string of the molecule is CS(=O)(=O)CS(=O)(=O)NCC1CCCC1C(=O)O. The fourth-order valence-corrected chi connectivity index (χ4v) is 5.22. The third kappa shape index (κ3) is 4.91. The van der Waals surface area contributed by atoms with Gasteiger partial charge < -0.3 is 5.11 Å². The summed E-state index contributed by atoms with van der Waals surface area (Å²) in [6.45, 7) is -0.0190. The van der Waals surface area contributed by atoms with Gasteiger partial charge in [0.2, 0.25) is 10.0 Å². The van der Waals surface area contributed by atoms with E-state index in [1.54, 1.807) is 0 Å². The molecule has 106 valence electrons. The van der Waals surface area contributed by atoms with Gasteiger partial charge in [-0.05, 0) is 18.8 Å². The Morgan fingerprint density at radius 1 is 1.28 bits per heavy atom. The van der Waals surface area contributed by atoms with Gasteiger partial charge in [0.15, 0.2) is 14.9 Å². The zero-order chi connectivity index (χ0) is 14.0. The van der Waals surface area contributed by atoms with Crippen LogP contribution in [0.15, 0.2) is 0 Å². The standard InChI is InChI=1S/C9H17NO6S2/c1-17(13,14)6-18(15,16)10-5-7-3-2-4-8(7)9(11)12/h7-8,10H,2-6H2,1H3,(H,11,12). The Morgan fingerprint density at radius 3 is 2.39 bits per heavy atom. The molecule has 18 heavy (non-hydrogen) atoms. The largest absolute Gasteiger partial charge is 0.481 e. The minimum Gasteiger partial charge on any atom is -0.481 e. The molecule has 1 aliphatic rings. The third-order valence-corrected chi connectivity index (χ3v) is 6.47. The molecule has 0 aliphatic heterocycles. The zero-order valence-electron chi connectivity index (χ0n) is 10.00. The maximum Gasteiger partial charge on any atom is 0.306 e. The van der Waals surface area contributed by atoms with Crippen LogP contribution in [0.3, 0.4) is 0 Å². The molecular weight excluding hydrogens is 282 g/mol. The van der Waals surface area contributed by atoms with E-state index >= 15 is 0 Å². The van der Waals surface area contributed by atoms with Gasteiger partial charge in [0, 0.05) is 12.8 Å². The van der Waals surface area contributed by atoms with Crippen molar-refractivity contribution in [3.05, 3.63) is 0 Å². The van der Waals surface area contributed by atoms with Gasteiger partial charge in [-0.25, -0.2) is 21.6 Å². The van der Waals surface area contributed by atoms with Crippen molar-refractivity contribution in [1.82, 2.24) is 4.72 Å². The summed E-state index contributed by atoms with van der Waals surface area (Å²) in [6, 6.07) is 0. The summed E-state index contributed by atoms with van der Waals surface area (Å²) in [5.41, 5.74) is 0. The molecule has 2 atom stereocenters. The van der Waals surface area contributed by atoms with Crippen LogP contribution in [0.5, 0.6) is 0 Å². The van der Waals surface area contributed by atoms with Crippen molar-refractivity contribution < 1.29 is 26.7 Å². The van der Waals surface area contributed by atoms with Crippen LogP contribution in [0, 0.1) is 11.8 Å². The van der Waals surface area contributed by atoms with Gasteiger partial charge in [-0.3, -0.25) is 4.79 Å². The highest BCUT2D eigenvalue weighted by Crippen LogP contribution is 2.31. The van der Waals surface area contributed by atoms with E-state index in [4.69, 9.17) is 5.11 Å². The first-order chi connectivity index (χ1) is 8.11. The lowest BCUT2D eigenvalue weighted by Crippen LogP contribution is -2.35. The molecule has 0 aromatic carbocycles. The molecule has 0 aromatic heterocycles. The van der Waals surface area contributed by atoms with Crippen molar-refractivity contribution in [2.45, 2.75) is 19.3 Å². The molecule has 0 saturated heterocycles. The summed E-state index contributed by atoms with van der Waals surface area (Å²) in [4.78, 5) is 10.9. The number of carboxylic acid groups (broad SMARTS) is 1. The Labute approximate surface area is 107 Å². The van der Waals surface area contributed by atoms with Crippen LogP contribution in [-0.2, 0) is 24.7 Å². The lowest BCUT2D eigenvalue weighted by Gasteiger charge is -2.16. The topological polar surface area (TPSA) is 118 Å². The van der Waals surface area contributed by atoms with Crippen molar-refractivity contribution in [1.29, 1.82) is 0 Å². The maximum absolute atomic E-state index is 11.4. The summed E-state index contributed by atoms with van der Waals surface area (Å²) in [7, 11) is -7.53. The number of rotatable bonds is 6. The quantitative estimate of drug-likeness (QED) is 0.677. The highest BCUT2D eigenvalue weighted by Gasteiger charge is 2.33. The number of sulfonamides is 1. The highest BCUT2D eigenvalue weighted by atomic mass is 32.3. The van der Waals surface area contributed by atoms with Crippen LogP contribution < -0.4 is 4.72 Å². The Hall–Kier alpha value is -0.670. The van der Waals surface area contributed by atoms with E-state index < -0.39 is 36.8 Å². The predicted molar refractivity (Wildman–Crippen MR) is 65.1 cm³/mol. The second-order valence-corrected chi connectivity index (χ2v) is 8.96. The Morgan fingerprint density at radius 2 is 1.89 bits per heavy atom. The van der Waals surface area contributed by atoms with Crippen LogP contribution in [-0.4, -0.2) is 45.8 Å². The molecule has 1 rings (SSSR count). The highest BCUT2D eigenvalue weighted by molar-refractivity contribution is 8.06. The molecule has 0 spiro atoms. The summed E-state index contributed by atoms with van der Waals surface area (Å²) in [5.74, 6) is -1.75. The predicted octanol–water partition coefficient (Wildman–Crippen LogP) is -0.591. The summed E-state index contributed by atoms with van der Waals surface area (Å²) < 4.78 is 46.9. The lowest BCUT2D eigenvalue weighted by atomic mass is 9.97. The number of carbonyl (C=O) groups is 1. The second kappa shape index (κ2) is 5.54. The number of nitrogens with one attached hydrogen (secondary N) is 1. The van der Waals surface area contributed by atoms with E-state index in [0.29, 0.717) is 12.8 Å². The smallest absolute Gasteiger partial charge is 0.306 e. The molecule has 0 bridgehead atoms. The van der Waals surface area contributed by atoms with Gasteiger partial charge in [0.1, 0.15) is 0 Å². The lowest BCUT2D eigenvalue weighted by molar-refractivity contribution is -0.142. The van der Waals surface area contributed by atoms with E-state index in [1.807, 2.05) is 0 Å². The number of aliphatic carboxylic acids is 1. The second-order valence-electron chi connectivity index (χ2n) is 4.64. The van der Waals surface area contributed by atoms with E-state index in [-0.39, 0.29) is 12.5 Å². The monoisotopic (exact) mass is 299 g/mol. The molecule has 7 nitrogen and oxygen atoms in total. The first-order valence-corrected chi connectivity index (χ1v) is 9.20. The molecular formula is C9H17NO6S2. The summed E-state index contributed by atoms with van der Waals surface area (Å²) in [6.07, 6.45) is 2.75. The van der Waals surface area contributed by atoms with Crippen molar-refractivity contribution in [2.24, 2.45) is 11.8 Å². The van der Waals surface area contributed by atoms with Crippen molar-refractivity contribution in [2.75, 3.05) is 17.9 Å². The Bertz CT molecular complexity index is 509. The molecule has 9 heteroatoms. The molecule has 0 amide bonds. The van der Waals surface area contributed by atoms with Crippen LogP contribution in [0.1, 0.15) is 19.3 Å². The summed E-state index contributed by atoms with van der Waals surface area (Å²) >= 11 is 0. The van der Waals surface area contributed by atoms with Gasteiger partial charge >= 0.3 is 5.97 Å². The fraction of sp³-hybridized carbons (Fsp3) is 0.889. The molecule has 2 N–H and O–H groups in total. The number of sulfone groups is 1. The minimum absolute atomic E-state index is 0.0190. The maximum atomic E-state index is 11.4. The minimum atomic E-state index is -3.91. The van der Waals surface area contributed by atoms with Gasteiger partial charge in [-0.1, -0.05) is 6.42 Å². The Balaban J connectivity index is 2.57. The van der Waals surface area contributed by atoms with Gasteiger partial charge in [0.25, 0.3) is 0 Å². The number of hydrogen-bond donors (Lipinski definition) is 2. The fourth-order valence-electron chi connectivity index (χ4n) is 2.16. The van der Waals surface area contributed by atoms with E-state index in [0.717, 1.165) is 12.7 Å². The third-order valence-electron chi connectivity index (χ3n) is 2.91. The molecule has 2 unspecified atom stereocenters. The number of hydrogen-bond acceptors (Lipinski definition) is 5. The molecule has 0 radical (unpaired) electrons. The van der Waals surface area contributed by atoms with Crippen LogP contribution in [0.25, 0.3) is 0 Å². The average Bonchev–Trinajstić information content (AvgIpc) is 2.58. The molecule has 1 aliphatic carbocycles. The molecule has 0 heterocycles. The van der Waals surface area contributed by atoms with Crippen LogP contribution in [0.2, 0.25) is 0 Å². The van der Waals surface area contributed by atoms with Crippen molar-refractivity contribution in [3.63, 3.8) is 0 Å². The van der Waals surface area contributed by atoms with Crippen LogP contribution in [0.4, 0.5) is 0 Å². The van der Waals surface area contributed by atoms with Crippen molar-refractivity contribution >= 4 is 25.8 Å². The van der Waals surface area contributed by atoms with E-state index in [2.05, 4.69) is 4.72 Å². The molecule has 0 aromatic rings. The zero-order valence-corrected chi connectivity index (χ0v) is 11.6. The van der Waals surface area contributed by atoms with Gasteiger partial charge in [-0.2, -0.15) is 0 Å². The van der Waals surface area contributed by atoms with Gasteiger partial charge in [-0.15, -0.1) is 0 Å². The van der Waals surface area contributed by atoms with Crippen LogP contribution >= 0.6 is 0 Å². The first kappa shape index (κ1) is 15.4. The number of carboxylic acids is 1. The summed E-state index contributed by atoms with van der Waals surface area (Å²) in [5, 5.41) is 7.96. The van der Waals surface area contributed by atoms with E-state index in [9.17, 15) is 21.6 Å². The van der Waals surface area contributed by atoms with E-state index in [1.165, 1.54) is 0 Å². The average molecular weight is 299 g/mol. The van der Waals surface area contributed by atoms with Gasteiger partial charge in [0.05, 0.1) is 5.92 Å². The molecule has 1 saturated carbocycles. The molecule has 1 fully saturated rings. The normalized spacial score (nSPS) is 25.2. The Kier molecular flexibility index (Phi) is 4.73. The van der Waals surface area contributed by atoms with Crippen molar-refractivity contribution in [3.8, 4) is 0 Å². The first-order valence-electron chi connectivity index (χ1n) is 5.48.